The maximum absolute atomic E-state index is 12.2. The lowest BCUT2D eigenvalue weighted by molar-refractivity contribution is 0.133. The third-order valence-corrected chi connectivity index (χ3v) is 5.30. The molecule has 2 aromatic heterocycles. The molecule has 3 aromatic rings. The Morgan fingerprint density at radius 1 is 1.14 bits per heavy atom. The van der Waals surface area contributed by atoms with Crippen molar-refractivity contribution in [2.75, 3.05) is 32.7 Å². The van der Waals surface area contributed by atoms with E-state index >= 15 is 0 Å². The van der Waals surface area contributed by atoms with Gasteiger partial charge in [-0.3, -0.25) is 9.47 Å². The summed E-state index contributed by atoms with van der Waals surface area (Å²) >= 11 is 0. The summed E-state index contributed by atoms with van der Waals surface area (Å²) < 4.78 is 2.16. The number of hydrogen-bond donors (Lipinski definition) is 1. The highest BCUT2D eigenvalue weighted by atomic mass is 16.2. The minimum Gasteiger partial charge on any atom is -0.338 e. The van der Waals surface area contributed by atoms with Crippen molar-refractivity contribution in [2.24, 2.45) is 0 Å². The summed E-state index contributed by atoms with van der Waals surface area (Å²) in [6.07, 6.45) is 2.77. The van der Waals surface area contributed by atoms with E-state index in [9.17, 15) is 4.79 Å². The zero-order valence-electron chi connectivity index (χ0n) is 17.1. The second kappa shape index (κ2) is 8.61. The maximum atomic E-state index is 12.2. The normalized spacial score (nSPS) is 15.0. The molecular weight excluding hydrogens is 364 g/mol. The number of aromatic nitrogens is 3. The minimum atomic E-state index is 0.0442. The molecule has 7 heteroatoms. The van der Waals surface area contributed by atoms with Crippen LogP contribution in [-0.4, -0.2) is 63.1 Å². The van der Waals surface area contributed by atoms with Crippen LogP contribution in [0.15, 0.2) is 42.6 Å². The quantitative estimate of drug-likeness (QED) is 0.725. The van der Waals surface area contributed by atoms with E-state index in [4.69, 9.17) is 4.98 Å². The topological polar surface area (TPSA) is 66.3 Å². The molecule has 7 nitrogen and oxygen atoms in total. The molecule has 152 valence electrons. The van der Waals surface area contributed by atoms with Gasteiger partial charge in [0.2, 0.25) is 0 Å². The van der Waals surface area contributed by atoms with Crippen molar-refractivity contribution >= 4 is 17.2 Å². The van der Waals surface area contributed by atoms with Gasteiger partial charge in [-0.25, -0.2) is 14.8 Å². The fourth-order valence-corrected chi connectivity index (χ4v) is 3.76. The Labute approximate surface area is 171 Å². The predicted octanol–water partition coefficient (Wildman–Crippen LogP) is 2.97. The molecule has 0 aliphatic carbocycles. The Kier molecular flexibility index (Phi) is 5.76. The molecule has 0 unspecified atom stereocenters. The summed E-state index contributed by atoms with van der Waals surface area (Å²) in [5.74, 6) is 0.980. The number of amides is 2. The van der Waals surface area contributed by atoms with Crippen molar-refractivity contribution in [3.05, 3.63) is 54.0 Å². The third-order valence-electron chi connectivity index (χ3n) is 5.30. The molecule has 0 spiro atoms. The molecule has 1 aliphatic heterocycles. The van der Waals surface area contributed by atoms with Crippen LogP contribution < -0.4 is 5.32 Å². The number of benzene rings is 1. The molecule has 3 heterocycles. The van der Waals surface area contributed by atoms with Crippen LogP contribution in [0.5, 0.6) is 0 Å². The number of carbonyl (C=O) groups excluding carboxylic acids is 1. The molecule has 29 heavy (non-hydrogen) atoms. The van der Waals surface area contributed by atoms with Gasteiger partial charge in [0.25, 0.3) is 0 Å². The molecule has 1 aliphatic rings. The maximum Gasteiger partial charge on any atom is 0.317 e. The van der Waals surface area contributed by atoms with Gasteiger partial charge in [-0.1, -0.05) is 19.1 Å². The van der Waals surface area contributed by atoms with Crippen molar-refractivity contribution in [3.63, 3.8) is 0 Å². The number of carbonyl (C=O) groups is 1. The fourth-order valence-electron chi connectivity index (χ4n) is 3.76. The number of fused-ring (bicyclic) bond motifs is 1. The van der Waals surface area contributed by atoms with E-state index in [1.54, 1.807) is 0 Å². The van der Waals surface area contributed by atoms with Gasteiger partial charge in [-0.2, -0.15) is 0 Å². The van der Waals surface area contributed by atoms with E-state index in [-0.39, 0.29) is 6.03 Å². The van der Waals surface area contributed by atoms with Crippen molar-refractivity contribution < 1.29 is 4.79 Å². The molecule has 1 fully saturated rings. The Balaban J connectivity index is 1.53. The van der Waals surface area contributed by atoms with E-state index in [0.717, 1.165) is 68.4 Å². The number of pyridine rings is 1. The second-order valence-corrected chi connectivity index (χ2v) is 7.54. The van der Waals surface area contributed by atoms with E-state index in [2.05, 4.69) is 57.9 Å². The van der Waals surface area contributed by atoms with Crippen LogP contribution in [-0.2, 0) is 6.54 Å². The molecule has 0 bridgehead atoms. The van der Waals surface area contributed by atoms with Gasteiger partial charge in [-0.15, -0.1) is 0 Å². The first-order valence-electron chi connectivity index (χ1n) is 10.3. The van der Waals surface area contributed by atoms with E-state index in [0.29, 0.717) is 0 Å². The molecule has 0 atom stereocenters. The van der Waals surface area contributed by atoms with E-state index in [1.807, 2.05) is 23.2 Å². The average Bonchev–Trinajstić information content (AvgIpc) is 3.10. The summed E-state index contributed by atoms with van der Waals surface area (Å²) in [6.45, 7) is 8.76. The molecular formula is C22H28N6O. The van der Waals surface area contributed by atoms with Crippen LogP contribution in [0.4, 0.5) is 4.79 Å². The molecule has 1 saturated heterocycles. The van der Waals surface area contributed by atoms with Crippen LogP contribution >= 0.6 is 0 Å². The lowest BCUT2D eigenvalue weighted by atomic mass is 10.2. The Morgan fingerprint density at radius 2 is 1.97 bits per heavy atom. The first-order valence-corrected chi connectivity index (χ1v) is 10.3. The number of imidazole rings is 1. The van der Waals surface area contributed by atoms with Crippen molar-refractivity contribution in [1.82, 2.24) is 29.7 Å². The van der Waals surface area contributed by atoms with E-state index in [1.165, 1.54) is 5.56 Å². The Bertz CT molecular complexity index is 990. The van der Waals surface area contributed by atoms with Gasteiger partial charge < -0.3 is 10.2 Å². The summed E-state index contributed by atoms with van der Waals surface area (Å²) in [4.78, 5) is 25.9. The van der Waals surface area contributed by atoms with Crippen LogP contribution in [0, 0.1) is 6.92 Å². The third kappa shape index (κ3) is 4.24. The number of aryl methyl sites for hydroxylation is 1. The highest BCUT2D eigenvalue weighted by Gasteiger charge is 2.23. The first kappa shape index (κ1) is 19.4. The first-order chi connectivity index (χ1) is 14.2. The molecule has 2 amide bonds. The number of nitrogens with zero attached hydrogens (tertiary/aromatic N) is 5. The second-order valence-electron chi connectivity index (χ2n) is 7.54. The van der Waals surface area contributed by atoms with E-state index < -0.39 is 0 Å². The summed E-state index contributed by atoms with van der Waals surface area (Å²) in [6, 6.07) is 12.4. The van der Waals surface area contributed by atoms with Gasteiger partial charge in [0.1, 0.15) is 11.3 Å². The zero-order chi connectivity index (χ0) is 20.2. The molecule has 0 radical (unpaired) electrons. The smallest absolute Gasteiger partial charge is 0.317 e. The number of nitrogens with one attached hydrogen (secondary N) is 1. The lowest BCUT2D eigenvalue weighted by Gasteiger charge is -2.34. The largest absolute Gasteiger partial charge is 0.338 e. The van der Waals surface area contributed by atoms with Crippen molar-refractivity contribution in [3.8, 4) is 5.69 Å². The minimum absolute atomic E-state index is 0.0442. The molecule has 0 saturated carbocycles. The SMILES string of the molecule is CCCNC(=O)N1CCN(Cc2nc3cccnc3n2-c2cccc(C)c2)CC1. The van der Waals surface area contributed by atoms with Gasteiger partial charge >= 0.3 is 6.03 Å². The van der Waals surface area contributed by atoms with Gasteiger partial charge in [0.05, 0.1) is 6.54 Å². The number of piperazine rings is 1. The van der Waals surface area contributed by atoms with Crippen LogP contribution in [0.2, 0.25) is 0 Å². The molecule has 4 rings (SSSR count). The standard InChI is InChI=1S/C22H28N6O/c1-3-9-24-22(29)27-13-11-26(12-14-27)16-20-25-19-8-5-10-23-21(19)28(20)18-7-4-6-17(2)15-18/h4-8,10,15H,3,9,11-14,16H2,1-2H3,(H,24,29). The highest BCUT2D eigenvalue weighted by Crippen LogP contribution is 2.22. The summed E-state index contributed by atoms with van der Waals surface area (Å²) in [5, 5.41) is 2.96. The highest BCUT2D eigenvalue weighted by molar-refractivity contribution is 5.74. The van der Waals surface area contributed by atoms with Crippen molar-refractivity contribution in [2.45, 2.75) is 26.8 Å². The number of hydrogen-bond acceptors (Lipinski definition) is 4. The Morgan fingerprint density at radius 3 is 2.72 bits per heavy atom. The van der Waals surface area contributed by atoms with Crippen molar-refractivity contribution in [1.29, 1.82) is 0 Å². The monoisotopic (exact) mass is 392 g/mol. The molecule has 1 aromatic carbocycles. The zero-order valence-corrected chi connectivity index (χ0v) is 17.1. The predicted molar refractivity (Wildman–Crippen MR) is 114 cm³/mol. The summed E-state index contributed by atoms with van der Waals surface area (Å²) in [5.41, 5.74) is 4.07. The summed E-state index contributed by atoms with van der Waals surface area (Å²) in [7, 11) is 0. The van der Waals surface area contributed by atoms with Gasteiger partial charge in [0, 0.05) is 44.6 Å². The van der Waals surface area contributed by atoms with Gasteiger partial charge in [0.15, 0.2) is 5.65 Å². The molecule has 1 N–H and O–H groups in total. The van der Waals surface area contributed by atoms with Crippen LogP contribution in [0.25, 0.3) is 16.9 Å². The lowest BCUT2D eigenvalue weighted by Crippen LogP contribution is -2.51. The van der Waals surface area contributed by atoms with Gasteiger partial charge in [-0.05, 0) is 43.2 Å². The average molecular weight is 393 g/mol. The number of urea groups is 1. The van der Waals surface area contributed by atoms with Crippen LogP contribution in [0.1, 0.15) is 24.7 Å². The number of rotatable bonds is 5. The Hall–Kier alpha value is -2.93. The van der Waals surface area contributed by atoms with Crippen LogP contribution in [0.3, 0.4) is 0 Å². The fraction of sp³-hybridized carbons (Fsp3) is 0.409.